The van der Waals surface area contributed by atoms with Gasteiger partial charge in [0.25, 0.3) is 0 Å². The van der Waals surface area contributed by atoms with Crippen LogP contribution in [-0.4, -0.2) is 131 Å². The lowest BCUT2D eigenvalue weighted by Gasteiger charge is -2.56. The van der Waals surface area contributed by atoms with Gasteiger partial charge in [-0.25, -0.2) is 4.79 Å². The predicted molar refractivity (Wildman–Crippen MR) is 286 cm³/mol. The maximum absolute atomic E-state index is 14.2. The molecule has 2 spiro atoms. The number of nitrogens with one attached hydrogen (secondary N) is 4. The Balaban J connectivity index is 0.890. The van der Waals surface area contributed by atoms with E-state index < -0.39 is 17.1 Å². The summed E-state index contributed by atoms with van der Waals surface area (Å²) in [5.74, 6) is 0.829. The first-order valence-electron chi connectivity index (χ1n) is 25.1. The molecule has 2 aromatic heterocycles. The van der Waals surface area contributed by atoms with E-state index in [9.17, 15) is 24.3 Å². The number of aromatic nitrogens is 2. The molecule has 10 rings (SSSR count). The Labute approximate surface area is 435 Å². The van der Waals surface area contributed by atoms with Crippen molar-refractivity contribution in [3.05, 3.63) is 156 Å². The van der Waals surface area contributed by atoms with Crippen LogP contribution >= 0.6 is 0 Å². The normalized spacial score (nSPS) is 18.7. The van der Waals surface area contributed by atoms with Crippen LogP contribution in [0.3, 0.4) is 0 Å². The lowest BCUT2D eigenvalue weighted by molar-refractivity contribution is -0.136. The first kappa shape index (κ1) is 50.7. The van der Waals surface area contributed by atoms with Gasteiger partial charge < -0.3 is 49.1 Å². The fourth-order valence-electron chi connectivity index (χ4n) is 11.7. The number of aliphatic hydroxyl groups is 1. The smallest absolute Gasteiger partial charge is 0.412 e. The van der Waals surface area contributed by atoms with E-state index in [1.807, 2.05) is 103 Å². The Morgan fingerprint density at radius 1 is 0.680 bits per heavy atom. The number of anilines is 2. The number of ether oxygens (including phenoxy) is 4. The average molecular weight is 1020 g/mol. The molecule has 6 heterocycles. The first-order valence-corrected chi connectivity index (χ1v) is 25.1. The van der Waals surface area contributed by atoms with Crippen LogP contribution in [0.4, 0.5) is 16.2 Å². The van der Waals surface area contributed by atoms with Crippen molar-refractivity contribution in [1.82, 2.24) is 29.6 Å². The Morgan fingerprint density at radius 2 is 1.17 bits per heavy atom. The minimum atomic E-state index is -0.630. The monoisotopic (exact) mass is 1020 g/mol. The van der Waals surface area contributed by atoms with E-state index in [-0.39, 0.29) is 48.4 Å². The summed E-state index contributed by atoms with van der Waals surface area (Å²) in [6.07, 6.45) is 5.04. The number of hydrogen-bond donors (Lipinski definition) is 5. The predicted octanol–water partition coefficient (Wildman–Crippen LogP) is 7.82. The van der Waals surface area contributed by atoms with Crippen LogP contribution in [-0.2, 0) is 47.8 Å². The molecule has 390 valence electrons. The molecule has 0 aliphatic carbocycles. The van der Waals surface area contributed by atoms with Crippen molar-refractivity contribution >= 4 is 57.0 Å². The Kier molecular flexibility index (Phi) is 13.6. The minimum Gasteiger partial charge on any atom is -0.499 e. The average Bonchev–Trinajstić information content (AvgIpc) is 4.02. The highest BCUT2D eigenvalue weighted by molar-refractivity contribution is 5.99. The Morgan fingerprint density at radius 3 is 1.65 bits per heavy atom. The summed E-state index contributed by atoms with van der Waals surface area (Å²) in [4.78, 5) is 67.2. The first-order chi connectivity index (χ1) is 36.0. The molecule has 2 saturated heterocycles. The number of carbonyl (C=O) groups is 4. The zero-order valence-electron chi connectivity index (χ0n) is 43.0. The van der Waals surface area contributed by atoms with Crippen LogP contribution in [0.1, 0.15) is 66.5 Å². The third-order valence-corrected chi connectivity index (χ3v) is 15.0. The fraction of sp³-hybridized carbons (Fsp3) is 0.345. The fourth-order valence-corrected chi connectivity index (χ4v) is 11.7. The highest BCUT2D eigenvalue weighted by atomic mass is 16.6. The highest BCUT2D eigenvalue weighted by Crippen LogP contribution is 2.51. The van der Waals surface area contributed by atoms with Gasteiger partial charge in [0.2, 0.25) is 17.7 Å². The second kappa shape index (κ2) is 20.1. The van der Waals surface area contributed by atoms with E-state index in [0.717, 1.165) is 55.4 Å². The molecule has 4 aliphatic heterocycles. The minimum absolute atomic E-state index is 0.114. The molecule has 2 unspecified atom stereocenters. The largest absolute Gasteiger partial charge is 0.499 e. The second-order valence-electron chi connectivity index (χ2n) is 21.2. The number of likely N-dealkylation sites (tertiary alicyclic amines) is 2. The number of nitrogens with zero attached hydrogens (tertiary/aromatic N) is 4. The molecule has 4 aliphatic rings. The van der Waals surface area contributed by atoms with Gasteiger partial charge in [0.1, 0.15) is 23.7 Å². The summed E-state index contributed by atoms with van der Waals surface area (Å²) in [6.45, 7) is 17.0. The number of methoxy groups -OCH3 is 2. The van der Waals surface area contributed by atoms with Crippen LogP contribution in [0, 0.1) is 0 Å². The summed E-state index contributed by atoms with van der Waals surface area (Å²) in [6, 6.07) is 26.6. The molecule has 2 fully saturated rings. The van der Waals surface area contributed by atoms with Crippen LogP contribution in [0.15, 0.2) is 123 Å². The van der Waals surface area contributed by atoms with Gasteiger partial charge in [-0.1, -0.05) is 37.4 Å². The summed E-state index contributed by atoms with van der Waals surface area (Å²) in [5, 5.41) is 18.7. The maximum Gasteiger partial charge on any atom is 0.412 e. The van der Waals surface area contributed by atoms with E-state index in [2.05, 4.69) is 55.7 Å². The van der Waals surface area contributed by atoms with Crippen molar-refractivity contribution < 1.29 is 43.2 Å². The van der Waals surface area contributed by atoms with Gasteiger partial charge in [-0.05, 0) is 104 Å². The van der Waals surface area contributed by atoms with E-state index in [1.165, 1.54) is 24.5 Å². The molecule has 0 saturated carbocycles. The number of benzene rings is 4. The summed E-state index contributed by atoms with van der Waals surface area (Å²) >= 11 is 0. The van der Waals surface area contributed by atoms with Crippen molar-refractivity contribution in [3.63, 3.8) is 0 Å². The van der Waals surface area contributed by atoms with Crippen molar-refractivity contribution in [2.24, 2.45) is 0 Å². The molecule has 17 heteroatoms. The van der Waals surface area contributed by atoms with Gasteiger partial charge in [0.15, 0.2) is 0 Å². The summed E-state index contributed by atoms with van der Waals surface area (Å²) in [7, 11) is 3.27. The molecule has 75 heavy (non-hydrogen) atoms. The van der Waals surface area contributed by atoms with Crippen molar-refractivity contribution in [2.45, 2.75) is 62.4 Å². The SMILES string of the molecule is C=CC(=O)Nc1ccc(CN2CC3(CN(C(=O)C=C)C3)c3c([nH]c4cc(OC)ccc34)C2CO/C=C\C(=O)N2CC3(C2)CN(Cc2ccc(NC(=O)OC(C)(C)C)cc2)C(CO)c2[nH]c4cc(OC)ccc4c23)cc1. The van der Waals surface area contributed by atoms with E-state index in [0.29, 0.717) is 75.2 Å². The third kappa shape index (κ3) is 9.86. The van der Waals surface area contributed by atoms with Crippen LogP contribution < -0.4 is 20.1 Å². The van der Waals surface area contributed by atoms with Crippen LogP contribution in [0.2, 0.25) is 0 Å². The number of aliphatic hydroxyl groups excluding tert-OH is 1. The number of H-pyrrole nitrogens is 2. The van der Waals surface area contributed by atoms with E-state index in [1.54, 1.807) is 14.2 Å². The number of carbonyl (C=O) groups excluding carboxylic acids is 4. The molecule has 0 radical (unpaired) electrons. The maximum atomic E-state index is 14.2. The Bertz CT molecular complexity index is 3210. The van der Waals surface area contributed by atoms with Gasteiger partial charge in [0.05, 0.1) is 39.2 Å². The van der Waals surface area contributed by atoms with Crippen molar-refractivity contribution in [2.75, 3.05) is 77.3 Å². The van der Waals surface area contributed by atoms with Gasteiger partial charge in [-0.15, -0.1) is 0 Å². The topological polar surface area (TPSA) is 194 Å². The number of rotatable bonds is 15. The molecule has 4 amide bonds. The Hall–Kier alpha value is -7.86. The zero-order chi connectivity index (χ0) is 52.8. The highest BCUT2D eigenvalue weighted by Gasteiger charge is 2.55. The lowest BCUT2D eigenvalue weighted by atomic mass is 9.68. The number of fused-ring (bicyclic) bond motifs is 8. The molecule has 5 N–H and O–H groups in total. The van der Waals surface area contributed by atoms with Gasteiger partial charge in [-0.2, -0.15) is 0 Å². The molecule has 0 bridgehead atoms. The molecule has 17 nitrogen and oxygen atoms in total. The molecular formula is C58H64N8O9. The molecule has 2 atom stereocenters. The lowest BCUT2D eigenvalue weighted by Crippen LogP contribution is -2.67. The van der Waals surface area contributed by atoms with Gasteiger partial charge in [0, 0.05) is 126 Å². The zero-order valence-corrected chi connectivity index (χ0v) is 43.0. The van der Waals surface area contributed by atoms with Crippen molar-refractivity contribution in [3.8, 4) is 11.5 Å². The number of aromatic amines is 2. The van der Waals surface area contributed by atoms with Crippen LogP contribution in [0.5, 0.6) is 11.5 Å². The summed E-state index contributed by atoms with van der Waals surface area (Å²) in [5.41, 5.74) is 7.71. The van der Waals surface area contributed by atoms with Gasteiger partial charge in [-0.3, -0.25) is 29.5 Å². The number of amides is 4. The molecular weight excluding hydrogens is 953 g/mol. The second-order valence-corrected chi connectivity index (χ2v) is 21.2. The van der Waals surface area contributed by atoms with Gasteiger partial charge >= 0.3 is 6.09 Å². The molecule has 6 aromatic rings. The quantitative estimate of drug-likeness (QED) is 0.0498. The third-order valence-electron chi connectivity index (χ3n) is 15.0. The summed E-state index contributed by atoms with van der Waals surface area (Å²) < 4.78 is 23.0. The van der Waals surface area contributed by atoms with E-state index >= 15 is 0 Å². The van der Waals surface area contributed by atoms with E-state index in [4.69, 9.17) is 18.9 Å². The van der Waals surface area contributed by atoms with Crippen molar-refractivity contribution in [1.29, 1.82) is 0 Å². The number of hydrogen-bond acceptors (Lipinski definition) is 11. The standard InChI is InChI=1S/C58H64N8O9/c1-8-48(68)59-38-14-10-37(11-15-38)27-64-31-58(32-65(33-58)49(69)9-2)52-43-21-19-41(73-7)25-45(43)62-54(52)47(64)29-74-23-22-50(70)66-34-57(35-66)30-63(26-36-12-16-39(17-13-36)60-55(71)75-56(3,4)5)46(28-67)53-51(57)42-20-18-40(72-6)24-44(42)61-53/h8-25,46-47,61-62,67H,1-2,26-35H2,3-7H3,(H,59,68)(H,60,71)/b23-22-. The van der Waals surface area contributed by atoms with Crippen LogP contribution in [0.25, 0.3) is 21.8 Å². The molecule has 4 aromatic carbocycles.